The minimum atomic E-state index is -0.373. The number of rotatable bonds is 9. The number of ether oxygens (including phenoxy) is 2. The Kier molecular flexibility index (Phi) is 8.36. The third-order valence-corrected chi connectivity index (χ3v) is 3.75. The zero-order valence-electron chi connectivity index (χ0n) is 13.6. The summed E-state index contributed by atoms with van der Waals surface area (Å²) in [6.07, 6.45) is 2.47. The lowest BCUT2D eigenvalue weighted by molar-refractivity contribution is 0.139. The third-order valence-electron chi connectivity index (χ3n) is 2.90. The molecule has 1 aromatic carbocycles. The van der Waals surface area contributed by atoms with Gasteiger partial charge < -0.3 is 14.8 Å². The molecule has 0 heterocycles. The highest BCUT2D eigenvalue weighted by atomic mass is 28.2. The third kappa shape index (κ3) is 6.80. The Labute approximate surface area is 135 Å². The normalized spacial score (nSPS) is 10.4. The number of amides is 1. The minimum absolute atomic E-state index is 0.107. The molecule has 0 unspecified atom stereocenters. The number of carbonyl (C=O) groups is 1. The lowest BCUT2D eigenvalue weighted by Gasteiger charge is -2.14. The molecule has 2 radical (unpaired) electrons. The molecule has 0 aromatic heterocycles. The maximum absolute atomic E-state index is 11.6. The maximum Gasteiger partial charge on any atom is 0.407 e. The number of benzene rings is 1. The Morgan fingerprint density at radius 3 is 2.86 bits per heavy atom. The molecular formula is C17H25NO3Si. The van der Waals surface area contributed by atoms with Gasteiger partial charge in [0, 0.05) is 21.6 Å². The summed E-state index contributed by atoms with van der Waals surface area (Å²) in [4.78, 5) is 11.6. The molecule has 0 saturated heterocycles. The van der Waals surface area contributed by atoms with Gasteiger partial charge in [-0.3, -0.25) is 0 Å². The Hall–Kier alpha value is -1.75. The van der Waals surface area contributed by atoms with Gasteiger partial charge in [-0.2, -0.15) is 0 Å². The molecular weight excluding hydrogens is 294 g/mol. The number of hydrogen-bond acceptors (Lipinski definition) is 3. The van der Waals surface area contributed by atoms with Crippen LogP contribution in [0, 0.1) is 0 Å². The van der Waals surface area contributed by atoms with Gasteiger partial charge in [-0.05, 0) is 38.0 Å². The SMILES string of the molecule is C=Cc1cc(COC(=O)NCCC[Si]C)ccc1OC(C)C. The number of alkyl carbamates (subject to hydrolysis) is 1. The van der Waals surface area contributed by atoms with Crippen LogP contribution in [0.15, 0.2) is 24.8 Å². The largest absolute Gasteiger partial charge is 0.490 e. The molecule has 1 N–H and O–H groups in total. The molecule has 0 saturated carbocycles. The van der Waals surface area contributed by atoms with Crippen molar-refractivity contribution in [3.05, 3.63) is 35.9 Å². The topological polar surface area (TPSA) is 47.6 Å². The lowest BCUT2D eigenvalue weighted by atomic mass is 10.1. The van der Waals surface area contributed by atoms with Crippen LogP contribution in [0.4, 0.5) is 4.79 Å². The average Bonchev–Trinajstić information content (AvgIpc) is 2.50. The summed E-state index contributed by atoms with van der Waals surface area (Å²) in [7, 11) is 0.921. The van der Waals surface area contributed by atoms with Gasteiger partial charge in [-0.25, -0.2) is 4.79 Å². The van der Waals surface area contributed by atoms with Crippen LogP contribution >= 0.6 is 0 Å². The molecule has 22 heavy (non-hydrogen) atoms. The van der Waals surface area contributed by atoms with Crippen LogP contribution in [0.25, 0.3) is 6.08 Å². The van der Waals surface area contributed by atoms with E-state index in [1.807, 2.05) is 32.0 Å². The van der Waals surface area contributed by atoms with Crippen molar-refractivity contribution in [2.24, 2.45) is 0 Å². The molecule has 0 spiro atoms. The van der Waals surface area contributed by atoms with Crippen molar-refractivity contribution < 1.29 is 14.3 Å². The first kappa shape index (κ1) is 18.3. The minimum Gasteiger partial charge on any atom is -0.490 e. The molecule has 0 atom stereocenters. The number of nitrogens with one attached hydrogen (secondary N) is 1. The average molecular weight is 319 g/mol. The zero-order valence-corrected chi connectivity index (χ0v) is 14.6. The van der Waals surface area contributed by atoms with E-state index in [0.29, 0.717) is 6.54 Å². The smallest absolute Gasteiger partial charge is 0.407 e. The summed E-state index contributed by atoms with van der Waals surface area (Å²) in [5.41, 5.74) is 1.82. The fourth-order valence-corrected chi connectivity index (χ4v) is 2.39. The van der Waals surface area contributed by atoms with Crippen molar-refractivity contribution >= 4 is 21.7 Å². The fourth-order valence-electron chi connectivity index (χ4n) is 1.86. The second-order valence-electron chi connectivity index (χ2n) is 5.20. The summed E-state index contributed by atoms with van der Waals surface area (Å²) in [6, 6.07) is 6.85. The van der Waals surface area contributed by atoms with Gasteiger partial charge in [-0.15, -0.1) is 0 Å². The van der Waals surface area contributed by atoms with E-state index in [0.717, 1.165) is 38.9 Å². The first-order chi connectivity index (χ1) is 10.6. The summed E-state index contributed by atoms with van der Waals surface area (Å²) in [6.45, 7) is 10.8. The van der Waals surface area contributed by atoms with Crippen LogP contribution in [0.5, 0.6) is 5.75 Å². The van der Waals surface area contributed by atoms with Crippen molar-refractivity contribution in [3.8, 4) is 5.75 Å². The van der Waals surface area contributed by atoms with Gasteiger partial charge in [0.1, 0.15) is 12.4 Å². The van der Waals surface area contributed by atoms with E-state index >= 15 is 0 Å². The van der Waals surface area contributed by atoms with Crippen molar-refractivity contribution in [1.82, 2.24) is 5.32 Å². The highest BCUT2D eigenvalue weighted by Crippen LogP contribution is 2.23. The molecule has 4 nitrogen and oxygen atoms in total. The summed E-state index contributed by atoms with van der Waals surface area (Å²) in [5, 5.41) is 2.75. The van der Waals surface area contributed by atoms with Crippen molar-refractivity contribution in [2.75, 3.05) is 6.54 Å². The second kappa shape index (κ2) is 10.1. The molecule has 0 bridgehead atoms. The van der Waals surface area contributed by atoms with Gasteiger partial charge in [0.25, 0.3) is 0 Å². The van der Waals surface area contributed by atoms with Crippen LogP contribution in [0.2, 0.25) is 12.6 Å². The van der Waals surface area contributed by atoms with Gasteiger partial charge in [-0.1, -0.05) is 31.3 Å². The summed E-state index contributed by atoms with van der Waals surface area (Å²) >= 11 is 0. The lowest BCUT2D eigenvalue weighted by Crippen LogP contribution is -2.25. The van der Waals surface area contributed by atoms with E-state index < -0.39 is 0 Å². The van der Waals surface area contributed by atoms with E-state index in [4.69, 9.17) is 9.47 Å². The van der Waals surface area contributed by atoms with Crippen LogP contribution in [-0.4, -0.2) is 28.3 Å². The predicted octanol–water partition coefficient (Wildman–Crippen LogP) is 3.90. The highest BCUT2D eigenvalue weighted by molar-refractivity contribution is 6.33. The van der Waals surface area contributed by atoms with Crippen molar-refractivity contribution in [2.45, 2.75) is 45.6 Å². The Bertz CT molecular complexity index is 489. The van der Waals surface area contributed by atoms with E-state index in [2.05, 4.69) is 18.4 Å². The summed E-state index contributed by atoms with van der Waals surface area (Å²) < 4.78 is 10.9. The zero-order chi connectivity index (χ0) is 16.4. The molecule has 1 aromatic rings. The fraction of sp³-hybridized carbons (Fsp3) is 0.471. The standard InChI is InChI=1S/C17H25NO3Si/c1-5-15-11-14(7-8-16(15)21-13(2)3)12-20-17(19)18-9-6-10-22-4/h5,7-8,11,13H,1,6,9-10,12H2,2-4H3,(H,18,19). The maximum atomic E-state index is 11.6. The predicted molar refractivity (Wildman–Crippen MR) is 91.5 cm³/mol. The van der Waals surface area contributed by atoms with Crippen molar-refractivity contribution in [1.29, 1.82) is 0 Å². The van der Waals surface area contributed by atoms with Crippen LogP contribution < -0.4 is 10.1 Å². The number of carbonyl (C=O) groups excluding carboxylic acids is 1. The van der Waals surface area contributed by atoms with E-state index in [9.17, 15) is 4.79 Å². The van der Waals surface area contributed by atoms with Crippen LogP contribution in [0.1, 0.15) is 31.4 Å². The quantitative estimate of drug-likeness (QED) is 0.554. The molecule has 0 aliphatic heterocycles. The van der Waals surface area contributed by atoms with E-state index in [1.54, 1.807) is 6.08 Å². The molecule has 0 aliphatic carbocycles. The van der Waals surface area contributed by atoms with E-state index in [1.165, 1.54) is 0 Å². The molecule has 5 heteroatoms. The van der Waals surface area contributed by atoms with Gasteiger partial charge >= 0.3 is 6.09 Å². The van der Waals surface area contributed by atoms with Gasteiger partial charge in [0.05, 0.1) is 6.10 Å². The van der Waals surface area contributed by atoms with Crippen LogP contribution in [-0.2, 0) is 11.3 Å². The molecule has 1 amide bonds. The molecule has 1 rings (SSSR count). The first-order valence-electron chi connectivity index (χ1n) is 7.54. The van der Waals surface area contributed by atoms with Crippen molar-refractivity contribution in [3.63, 3.8) is 0 Å². The van der Waals surface area contributed by atoms with E-state index in [-0.39, 0.29) is 18.8 Å². The Morgan fingerprint density at radius 1 is 1.45 bits per heavy atom. The molecule has 0 aliphatic rings. The Morgan fingerprint density at radius 2 is 2.23 bits per heavy atom. The summed E-state index contributed by atoms with van der Waals surface area (Å²) in [5.74, 6) is 0.790. The first-order valence-corrected chi connectivity index (χ1v) is 9.24. The second-order valence-corrected chi connectivity index (χ2v) is 6.41. The van der Waals surface area contributed by atoms with Gasteiger partial charge in [0.15, 0.2) is 0 Å². The molecule has 120 valence electrons. The highest BCUT2D eigenvalue weighted by Gasteiger charge is 2.07. The van der Waals surface area contributed by atoms with Crippen LogP contribution in [0.3, 0.4) is 0 Å². The van der Waals surface area contributed by atoms with Gasteiger partial charge in [0.2, 0.25) is 0 Å². The molecule has 0 fully saturated rings. The monoisotopic (exact) mass is 319 g/mol. The number of hydrogen-bond donors (Lipinski definition) is 1. The Balaban J connectivity index is 2.49.